The van der Waals surface area contributed by atoms with Crippen molar-refractivity contribution in [1.82, 2.24) is 9.88 Å². The molecule has 21 heavy (non-hydrogen) atoms. The maximum atomic E-state index is 12.5. The van der Waals surface area contributed by atoms with Crippen molar-refractivity contribution in [3.8, 4) is 6.07 Å². The topological polar surface area (TPSA) is 57.0 Å². The van der Waals surface area contributed by atoms with Gasteiger partial charge in [-0.05, 0) is 43.2 Å². The van der Waals surface area contributed by atoms with Crippen LogP contribution in [0.15, 0.2) is 18.3 Å². The highest BCUT2D eigenvalue weighted by Gasteiger charge is 2.36. The van der Waals surface area contributed by atoms with Crippen molar-refractivity contribution >= 4 is 5.91 Å². The highest BCUT2D eigenvalue weighted by molar-refractivity contribution is 5.92. The molecule has 4 nitrogen and oxygen atoms in total. The van der Waals surface area contributed by atoms with Crippen LogP contribution in [0.3, 0.4) is 0 Å². The quantitative estimate of drug-likeness (QED) is 0.795. The fraction of sp³-hybridized carbons (Fsp3) is 0.588. The molecule has 1 aliphatic heterocycles. The fourth-order valence-electron chi connectivity index (χ4n) is 3.73. The number of nitrogens with zero attached hydrogens (tertiary/aromatic N) is 3. The van der Waals surface area contributed by atoms with Gasteiger partial charge in [0.25, 0.3) is 5.91 Å². The molecule has 2 fully saturated rings. The molecule has 3 rings (SSSR count). The van der Waals surface area contributed by atoms with E-state index in [0.717, 1.165) is 25.9 Å². The number of pyridine rings is 1. The zero-order valence-corrected chi connectivity index (χ0v) is 12.3. The van der Waals surface area contributed by atoms with Gasteiger partial charge in [-0.15, -0.1) is 0 Å². The molecule has 1 saturated heterocycles. The van der Waals surface area contributed by atoms with Gasteiger partial charge in [-0.3, -0.25) is 4.79 Å². The van der Waals surface area contributed by atoms with E-state index in [0.29, 0.717) is 16.7 Å². The number of piperidine rings is 1. The van der Waals surface area contributed by atoms with E-state index in [4.69, 9.17) is 5.26 Å². The van der Waals surface area contributed by atoms with E-state index in [1.807, 2.05) is 11.0 Å². The molecule has 2 heterocycles. The van der Waals surface area contributed by atoms with Crippen LogP contribution in [0.25, 0.3) is 0 Å². The number of carbonyl (C=O) groups excluding carboxylic acids is 1. The normalized spacial score (nSPS) is 21.0. The van der Waals surface area contributed by atoms with E-state index in [2.05, 4.69) is 4.98 Å². The van der Waals surface area contributed by atoms with E-state index in [1.165, 1.54) is 38.3 Å². The molecule has 1 aromatic rings. The summed E-state index contributed by atoms with van der Waals surface area (Å²) in [7, 11) is 0. The van der Waals surface area contributed by atoms with E-state index >= 15 is 0 Å². The van der Waals surface area contributed by atoms with Gasteiger partial charge >= 0.3 is 0 Å². The lowest BCUT2D eigenvalue weighted by atomic mass is 9.68. The predicted molar refractivity (Wildman–Crippen MR) is 79.6 cm³/mol. The van der Waals surface area contributed by atoms with Gasteiger partial charge in [0.05, 0.1) is 5.56 Å². The van der Waals surface area contributed by atoms with E-state index in [-0.39, 0.29) is 5.91 Å². The van der Waals surface area contributed by atoms with Crippen LogP contribution in [0.5, 0.6) is 0 Å². The van der Waals surface area contributed by atoms with Gasteiger partial charge in [0, 0.05) is 19.3 Å². The molecule has 1 aromatic heterocycles. The lowest BCUT2D eigenvalue weighted by Gasteiger charge is -2.44. The van der Waals surface area contributed by atoms with Crippen molar-refractivity contribution in [3.05, 3.63) is 29.6 Å². The summed E-state index contributed by atoms with van der Waals surface area (Å²) in [6, 6.07) is 5.34. The van der Waals surface area contributed by atoms with Crippen molar-refractivity contribution in [2.24, 2.45) is 5.41 Å². The smallest absolute Gasteiger partial charge is 0.272 e. The van der Waals surface area contributed by atoms with Gasteiger partial charge < -0.3 is 4.90 Å². The number of hydrogen-bond donors (Lipinski definition) is 0. The van der Waals surface area contributed by atoms with Gasteiger partial charge in [-0.1, -0.05) is 19.3 Å². The molecule has 110 valence electrons. The zero-order valence-electron chi connectivity index (χ0n) is 12.3. The zero-order chi connectivity index (χ0) is 14.7. The summed E-state index contributed by atoms with van der Waals surface area (Å²) in [5.74, 6) is 0.00477. The Morgan fingerprint density at radius 2 is 1.86 bits per heavy atom. The second-order valence-electron chi connectivity index (χ2n) is 6.40. The first kappa shape index (κ1) is 14.1. The Hall–Kier alpha value is -1.89. The van der Waals surface area contributed by atoms with E-state index in [9.17, 15) is 4.79 Å². The number of likely N-dealkylation sites (tertiary alicyclic amines) is 1. The van der Waals surface area contributed by atoms with Crippen molar-refractivity contribution in [2.75, 3.05) is 13.1 Å². The molecule has 1 spiro atoms. The molecule has 0 atom stereocenters. The first-order chi connectivity index (χ1) is 10.2. The highest BCUT2D eigenvalue weighted by atomic mass is 16.2. The summed E-state index contributed by atoms with van der Waals surface area (Å²) in [5, 5.41) is 8.77. The molecule has 2 aliphatic rings. The Labute approximate surface area is 125 Å². The monoisotopic (exact) mass is 283 g/mol. The minimum atomic E-state index is 0.00477. The molecule has 1 saturated carbocycles. The predicted octanol–water partition coefficient (Wildman–Crippen LogP) is 3.14. The third kappa shape index (κ3) is 2.92. The Morgan fingerprint density at radius 3 is 2.43 bits per heavy atom. The molecule has 0 radical (unpaired) electrons. The van der Waals surface area contributed by atoms with Crippen molar-refractivity contribution in [2.45, 2.75) is 44.9 Å². The molecule has 0 N–H and O–H groups in total. The van der Waals surface area contributed by atoms with Gasteiger partial charge in [0.15, 0.2) is 0 Å². The van der Waals surface area contributed by atoms with Crippen LogP contribution in [-0.2, 0) is 0 Å². The Morgan fingerprint density at radius 1 is 1.14 bits per heavy atom. The van der Waals surface area contributed by atoms with Crippen LogP contribution >= 0.6 is 0 Å². The van der Waals surface area contributed by atoms with Crippen molar-refractivity contribution in [3.63, 3.8) is 0 Å². The van der Waals surface area contributed by atoms with Gasteiger partial charge in [0.2, 0.25) is 0 Å². The molecule has 0 bridgehead atoms. The van der Waals surface area contributed by atoms with E-state index in [1.54, 1.807) is 12.1 Å². The van der Waals surface area contributed by atoms with E-state index < -0.39 is 0 Å². The molecular formula is C17H21N3O. The minimum absolute atomic E-state index is 0.00477. The minimum Gasteiger partial charge on any atom is -0.337 e. The summed E-state index contributed by atoms with van der Waals surface area (Å²) in [4.78, 5) is 18.5. The number of rotatable bonds is 1. The Bertz CT molecular complexity index is 542. The standard InChI is InChI=1S/C17H21N3O/c18-12-14-4-5-15(19-13-14)16(21)20-10-8-17(9-11-20)6-2-1-3-7-17/h4-5,13H,1-3,6-11H2. The SMILES string of the molecule is N#Cc1ccc(C(=O)N2CCC3(CCCCC3)CC2)nc1. The second-order valence-corrected chi connectivity index (χ2v) is 6.40. The molecule has 0 unspecified atom stereocenters. The molecule has 1 amide bonds. The largest absolute Gasteiger partial charge is 0.337 e. The highest BCUT2D eigenvalue weighted by Crippen LogP contribution is 2.44. The maximum absolute atomic E-state index is 12.5. The van der Waals surface area contributed by atoms with Crippen LogP contribution in [-0.4, -0.2) is 28.9 Å². The molecule has 4 heteroatoms. The summed E-state index contributed by atoms with van der Waals surface area (Å²) in [6.45, 7) is 1.70. The number of nitriles is 1. The molecule has 0 aromatic carbocycles. The average Bonchev–Trinajstić information content (AvgIpc) is 2.56. The summed E-state index contributed by atoms with van der Waals surface area (Å²) >= 11 is 0. The summed E-state index contributed by atoms with van der Waals surface area (Å²) in [5.41, 5.74) is 1.45. The third-order valence-corrected chi connectivity index (χ3v) is 5.14. The van der Waals surface area contributed by atoms with Crippen LogP contribution in [0, 0.1) is 16.7 Å². The first-order valence-electron chi connectivity index (χ1n) is 7.88. The van der Waals surface area contributed by atoms with Gasteiger partial charge in [0.1, 0.15) is 11.8 Å². The summed E-state index contributed by atoms with van der Waals surface area (Å²) < 4.78 is 0. The lowest BCUT2D eigenvalue weighted by molar-refractivity contribution is 0.0467. The number of hydrogen-bond acceptors (Lipinski definition) is 3. The Balaban J connectivity index is 1.63. The first-order valence-corrected chi connectivity index (χ1v) is 7.88. The van der Waals surface area contributed by atoms with Crippen molar-refractivity contribution in [1.29, 1.82) is 5.26 Å². The number of amides is 1. The fourth-order valence-corrected chi connectivity index (χ4v) is 3.73. The lowest BCUT2D eigenvalue weighted by Crippen LogP contribution is -2.44. The van der Waals surface area contributed by atoms with Crippen LogP contribution in [0.4, 0.5) is 0 Å². The molecular weight excluding hydrogens is 262 g/mol. The third-order valence-electron chi connectivity index (χ3n) is 5.14. The van der Waals surface area contributed by atoms with Crippen LogP contribution in [0.2, 0.25) is 0 Å². The van der Waals surface area contributed by atoms with Crippen LogP contribution in [0.1, 0.15) is 61.0 Å². The summed E-state index contributed by atoms with van der Waals surface area (Å²) in [6.07, 6.45) is 10.5. The van der Waals surface area contributed by atoms with Crippen LogP contribution < -0.4 is 0 Å². The Kier molecular flexibility index (Phi) is 3.92. The average molecular weight is 283 g/mol. The molecule has 1 aliphatic carbocycles. The number of carbonyl (C=O) groups is 1. The number of aromatic nitrogens is 1. The maximum Gasteiger partial charge on any atom is 0.272 e. The van der Waals surface area contributed by atoms with Gasteiger partial charge in [-0.2, -0.15) is 5.26 Å². The van der Waals surface area contributed by atoms with Gasteiger partial charge in [-0.25, -0.2) is 4.98 Å². The second kappa shape index (κ2) is 5.85. The van der Waals surface area contributed by atoms with Crippen molar-refractivity contribution < 1.29 is 4.79 Å².